The third-order valence-electron chi connectivity index (χ3n) is 4.24. The number of nitrogens with zero attached hydrogens (tertiary/aromatic N) is 1. The molecule has 0 unspecified atom stereocenters. The van der Waals surface area contributed by atoms with Gasteiger partial charge in [0, 0.05) is 17.1 Å². The first-order chi connectivity index (χ1) is 13.6. The molecule has 9 heteroatoms. The summed E-state index contributed by atoms with van der Waals surface area (Å²) in [6.07, 6.45) is 1.74. The van der Waals surface area contributed by atoms with E-state index in [1.54, 1.807) is 30.3 Å². The molecule has 0 radical (unpaired) electrons. The van der Waals surface area contributed by atoms with Crippen LogP contribution in [0.3, 0.4) is 0 Å². The first-order valence-electron chi connectivity index (χ1n) is 9.12. The summed E-state index contributed by atoms with van der Waals surface area (Å²) in [5, 5.41) is 3.55. The number of benzene rings is 2. The lowest BCUT2D eigenvalue weighted by atomic mass is 10.2. The van der Waals surface area contributed by atoms with Crippen LogP contribution < -0.4 is 5.32 Å². The van der Waals surface area contributed by atoms with E-state index in [0.717, 1.165) is 21.6 Å². The molecule has 0 saturated carbocycles. The molecule has 0 aliphatic carbocycles. The molecular weight excluding hydrogens is 499 g/mol. The summed E-state index contributed by atoms with van der Waals surface area (Å²) < 4.78 is 28.3. The van der Waals surface area contributed by atoms with Crippen molar-refractivity contribution in [1.29, 1.82) is 0 Å². The van der Waals surface area contributed by atoms with Crippen LogP contribution >= 0.6 is 39.1 Å². The molecule has 1 N–H and O–H groups in total. The maximum absolute atomic E-state index is 13.2. The highest BCUT2D eigenvalue weighted by atomic mass is 79.9. The number of halogens is 3. The van der Waals surface area contributed by atoms with Gasteiger partial charge < -0.3 is 5.32 Å². The average Bonchev–Trinajstić information content (AvgIpc) is 2.64. The number of carbonyl (C=O) groups is 1. The van der Waals surface area contributed by atoms with E-state index in [9.17, 15) is 13.2 Å². The van der Waals surface area contributed by atoms with Crippen molar-refractivity contribution in [3.63, 3.8) is 0 Å². The monoisotopic (exact) mass is 520 g/mol. The molecule has 0 aromatic heterocycles. The summed E-state index contributed by atoms with van der Waals surface area (Å²) >= 11 is 15.3. The highest BCUT2D eigenvalue weighted by Crippen LogP contribution is 2.25. The highest BCUT2D eigenvalue weighted by Gasteiger charge is 2.27. The van der Waals surface area contributed by atoms with Crippen molar-refractivity contribution < 1.29 is 13.2 Å². The topological polar surface area (TPSA) is 66.5 Å². The van der Waals surface area contributed by atoms with Gasteiger partial charge >= 0.3 is 0 Å². The third kappa shape index (κ3) is 6.96. The van der Waals surface area contributed by atoms with Crippen LogP contribution in [0.5, 0.6) is 0 Å². The Hall–Kier alpha value is -1.12. The number of amides is 1. The lowest BCUT2D eigenvalue weighted by Crippen LogP contribution is -2.43. The molecule has 0 heterocycles. The van der Waals surface area contributed by atoms with Crippen molar-refractivity contribution >= 4 is 55.1 Å². The second-order valence-corrected chi connectivity index (χ2v) is 10.4. The van der Waals surface area contributed by atoms with Crippen LogP contribution in [0.4, 0.5) is 0 Å². The Bertz CT molecular complexity index is 953. The van der Waals surface area contributed by atoms with Crippen molar-refractivity contribution in [2.75, 3.05) is 6.54 Å². The second-order valence-electron chi connectivity index (χ2n) is 6.73. The molecule has 0 saturated heterocycles. The van der Waals surface area contributed by atoms with Gasteiger partial charge in [0.2, 0.25) is 15.9 Å². The Morgan fingerprint density at radius 1 is 1.14 bits per heavy atom. The Kier molecular flexibility index (Phi) is 8.97. The van der Waals surface area contributed by atoms with Gasteiger partial charge in [-0.25, -0.2) is 8.42 Å². The predicted molar refractivity (Wildman–Crippen MR) is 121 cm³/mol. The molecule has 0 fully saturated rings. The van der Waals surface area contributed by atoms with Crippen molar-refractivity contribution in [1.82, 2.24) is 9.62 Å². The summed E-state index contributed by atoms with van der Waals surface area (Å²) in [5.41, 5.74) is 0.634. The van der Waals surface area contributed by atoms with Gasteiger partial charge in [0.25, 0.3) is 0 Å². The van der Waals surface area contributed by atoms with E-state index >= 15 is 0 Å². The summed E-state index contributed by atoms with van der Waals surface area (Å²) in [7, 11) is -3.91. The first-order valence-corrected chi connectivity index (χ1v) is 12.1. The Balaban J connectivity index is 2.32. The summed E-state index contributed by atoms with van der Waals surface area (Å²) in [6, 6.07) is 11.2. The minimum absolute atomic E-state index is 0.00906. The number of carbonyl (C=O) groups excluding carboxylic acids is 1. The van der Waals surface area contributed by atoms with E-state index in [1.807, 2.05) is 13.8 Å². The Labute approximate surface area is 190 Å². The number of rotatable bonds is 9. The maximum Gasteiger partial charge on any atom is 0.243 e. The minimum atomic E-state index is -3.91. The van der Waals surface area contributed by atoms with Crippen LogP contribution in [-0.2, 0) is 21.4 Å². The lowest BCUT2D eigenvalue weighted by Gasteiger charge is -2.23. The van der Waals surface area contributed by atoms with Crippen LogP contribution in [0.25, 0.3) is 0 Å². The van der Waals surface area contributed by atoms with Crippen molar-refractivity contribution in [2.24, 2.45) is 0 Å². The van der Waals surface area contributed by atoms with E-state index in [-0.39, 0.29) is 29.9 Å². The fraction of sp³-hybridized carbons (Fsp3) is 0.350. The van der Waals surface area contributed by atoms with Crippen LogP contribution in [-0.4, -0.2) is 31.2 Å². The van der Waals surface area contributed by atoms with E-state index in [2.05, 4.69) is 21.2 Å². The zero-order valence-electron chi connectivity index (χ0n) is 16.2. The Morgan fingerprint density at radius 3 is 2.38 bits per heavy atom. The van der Waals surface area contributed by atoms with Crippen molar-refractivity contribution in [2.45, 2.75) is 44.2 Å². The highest BCUT2D eigenvalue weighted by molar-refractivity contribution is 9.10. The predicted octanol–water partition coefficient (Wildman–Crippen LogP) is 5.25. The molecule has 0 bridgehead atoms. The molecule has 5 nitrogen and oxygen atoms in total. The Morgan fingerprint density at radius 2 is 1.79 bits per heavy atom. The standard InChI is InChI=1S/C20H23BrCl2N2O3S/c1-3-4-14(2)24-20(26)13-25(12-15-5-10-18(22)19(23)11-15)29(27,28)17-8-6-16(21)7-9-17/h5-11,14H,3-4,12-13H2,1-2H3,(H,24,26)/t14-/m1/s1. The van der Waals surface area contributed by atoms with Crippen LogP contribution in [0, 0.1) is 0 Å². The van der Waals surface area contributed by atoms with E-state index in [4.69, 9.17) is 23.2 Å². The first kappa shape index (κ1) is 24.2. The van der Waals surface area contributed by atoms with Gasteiger partial charge in [-0.2, -0.15) is 4.31 Å². The molecule has 1 atom stereocenters. The number of sulfonamides is 1. The minimum Gasteiger partial charge on any atom is -0.353 e. The maximum atomic E-state index is 13.2. The molecule has 2 aromatic carbocycles. The van der Waals surface area contributed by atoms with Crippen LogP contribution in [0.2, 0.25) is 10.0 Å². The van der Waals surface area contributed by atoms with Crippen molar-refractivity contribution in [3.8, 4) is 0 Å². The molecular formula is C20H23BrCl2N2O3S. The largest absolute Gasteiger partial charge is 0.353 e. The molecule has 1 amide bonds. The van der Waals surface area contributed by atoms with E-state index in [0.29, 0.717) is 15.6 Å². The summed E-state index contributed by atoms with van der Waals surface area (Å²) in [5.74, 6) is -0.355. The van der Waals surface area contributed by atoms with Crippen LogP contribution in [0.15, 0.2) is 51.8 Å². The van der Waals surface area contributed by atoms with Gasteiger partial charge in [-0.05, 0) is 55.3 Å². The number of nitrogens with one attached hydrogen (secondary N) is 1. The fourth-order valence-corrected chi connectivity index (χ4v) is 4.78. The van der Waals surface area contributed by atoms with Gasteiger partial charge in [0.15, 0.2) is 0 Å². The second kappa shape index (κ2) is 10.8. The normalized spacial score (nSPS) is 12.8. The molecule has 2 rings (SSSR count). The molecule has 158 valence electrons. The average molecular weight is 522 g/mol. The van der Waals surface area contributed by atoms with Gasteiger partial charge in [0.1, 0.15) is 0 Å². The molecule has 29 heavy (non-hydrogen) atoms. The zero-order valence-corrected chi connectivity index (χ0v) is 20.1. The third-order valence-corrected chi connectivity index (χ3v) is 7.32. The molecule has 2 aromatic rings. The van der Waals surface area contributed by atoms with Gasteiger partial charge in [0.05, 0.1) is 21.5 Å². The molecule has 0 spiro atoms. The lowest BCUT2D eigenvalue weighted by molar-refractivity contribution is -0.122. The smallest absolute Gasteiger partial charge is 0.243 e. The number of hydrogen-bond donors (Lipinski definition) is 1. The summed E-state index contributed by atoms with van der Waals surface area (Å²) in [6.45, 7) is 3.61. The van der Waals surface area contributed by atoms with E-state index in [1.165, 1.54) is 12.1 Å². The van der Waals surface area contributed by atoms with Crippen molar-refractivity contribution in [3.05, 3.63) is 62.5 Å². The summed E-state index contributed by atoms with van der Waals surface area (Å²) in [4.78, 5) is 12.6. The SMILES string of the molecule is CCC[C@@H](C)NC(=O)CN(Cc1ccc(Cl)c(Cl)c1)S(=O)(=O)c1ccc(Br)cc1. The fourth-order valence-electron chi connectivity index (χ4n) is 2.81. The quantitative estimate of drug-likeness (QED) is 0.490. The molecule has 0 aliphatic heterocycles. The van der Waals surface area contributed by atoms with Crippen LogP contribution in [0.1, 0.15) is 32.3 Å². The van der Waals surface area contributed by atoms with Gasteiger partial charge in [-0.1, -0.05) is 58.5 Å². The van der Waals surface area contributed by atoms with Gasteiger partial charge in [-0.15, -0.1) is 0 Å². The zero-order chi connectivity index (χ0) is 21.6. The molecule has 0 aliphatic rings. The van der Waals surface area contributed by atoms with E-state index < -0.39 is 10.0 Å². The van der Waals surface area contributed by atoms with Gasteiger partial charge in [-0.3, -0.25) is 4.79 Å². The number of hydrogen-bond acceptors (Lipinski definition) is 3.